The van der Waals surface area contributed by atoms with E-state index in [1.165, 1.54) is 38.3 Å². The molecule has 2 aromatic carbocycles. The number of aliphatic hydroxyl groups excluding tert-OH is 2. The number of carboxylic acid groups (broad SMARTS) is 1. The zero-order chi connectivity index (χ0) is 50.2. The standard InChI is InChI=1S/C49H74N6O13/c1-6-7-8-9-10-13-29-67-37-24-20-34(21-25-37)43(60)52-38(15-14-28-50-41(59)16-11-12-27-51-48(66)68-49(3,4)5)44(61)54-42(32(2)56)46(63)55-31-36(58)30-40(55)45(62)53-39(47(64)65)26-19-33-17-22-35(57)23-18-33/h17-18,20-25,32,36,38-40,42,56-58H,6-16,19,26-31H2,1-5H3,(H,50,59)(H,51,66)(H,52,60)(H,53,62)(H,54,61)(H,64,65)/t32-,36-,38+,39+,40+,42+/m1/s1. The van der Waals surface area contributed by atoms with E-state index < -0.39 is 77.7 Å². The summed E-state index contributed by atoms with van der Waals surface area (Å²) in [5.41, 5.74) is 0.299. The molecule has 0 spiro atoms. The van der Waals surface area contributed by atoms with Gasteiger partial charge >= 0.3 is 12.1 Å². The molecule has 0 unspecified atom stereocenters. The van der Waals surface area contributed by atoms with Crippen LogP contribution in [0.3, 0.4) is 0 Å². The Morgan fingerprint density at radius 2 is 1.46 bits per heavy atom. The quantitative estimate of drug-likeness (QED) is 0.0525. The first-order valence-electron chi connectivity index (χ1n) is 23.8. The molecule has 1 aliphatic heterocycles. The van der Waals surface area contributed by atoms with Gasteiger partial charge in [0.15, 0.2) is 0 Å². The molecular weight excluding hydrogens is 881 g/mol. The minimum absolute atomic E-state index is 0.00792. The van der Waals surface area contributed by atoms with Crippen molar-refractivity contribution in [3.8, 4) is 11.5 Å². The van der Waals surface area contributed by atoms with Gasteiger partial charge in [0.05, 0.1) is 18.8 Å². The van der Waals surface area contributed by atoms with Crippen LogP contribution in [0.2, 0.25) is 0 Å². The summed E-state index contributed by atoms with van der Waals surface area (Å²) in [6.07, 6.45) is 4.76. The van der Waals surface area contributed by atoms with Crippen molar-refractivity contribution in [1.29, 1.82) is 0 Å². The van der Waals surface area contributed by atoms with Crippen LogP contribution in [-0.2, 0) is 35.1 Å². The van der Waals surface area contributed by atoms with E-state index in [1.54, 1.807) is 57.2 Å². The van der Waals surface area contributed by atoms with Crippen LogP contribution in [0.25, 0.3) is 0 Å². The Morgan fingerprint density at radius 1 is 0.794 bits per heavy atom. The number of hydrogen-bond donors (Lipinski definition) is 9. The Bertz CT molecular complexity index is 1920. The molecule has 6 atom stereocenters. The number of unbranched alkanes of at least 4 members (excludes halogenated alkanes) is 6. The second-order valence-electron chi connectivity index (χ2n) is 18.3. The lowest BCUT2D eigenvalue weighted by molar-refractivity contribution is -0.146. The highest BCUT2D eigenvalue weighted by Gasteiger charge is 2.44. The Morgan fingerprint density at radius 3 is 2.10 bits per heavy atom. The second-order valence-corrected chi connectivity index (χ2v) is 18.3. The van der Waals surface area contributed by atoms with Gasteiger partial charge in [0, 0.05) is 38.0 Å². The zero-order valence-electron chi connectivity index (χ0n) is 40.2. The molecule has 1 saturated heterocycles. The van der Waals surface area contributed by atoms with Gasteiger partial charge in [-0.1, -0.05) is 51.2 Å². The van der Waals surface area contributed by atoms with Gasteiger partial charge < -0.3 is 61.4 Å². The molecule has 0 saturated carbocycles. The summed E-state index contributed by atoms with van der Waals surface area (Å²) in [6, 6.07) is 6.92. The fourth-order valence-corrected chi connectivity index (χ4v) is 7.45. The van der Waals surface area contributed by atoms with Crippen LogP contribution in [0, 0.1) is 0 Å². The number of nitrogens with zero attached hydrogens (tertiary/aromatic N) is 1. The Kier molecular flexibility index (Phi) is 24.1. The fourth-order valence-electron chi connectivity index (χ4n) is 7.45. The molecule has 6 amide bonds. The number of alkyl carbamates (subject to hydrolysis) is 1. The van der Waals surface area contributed by atoms with E-state index in [0.29, 0.717) is 37.3 Å². The van der Waals surface area contributed by atoms with E-state index in [-0.39, 0.29) is 68.8 Å². The SMILES string of the molecule is CCCCCCCCOc1ccc(C(=O)N[C@@H](CCCNC(=O)CCCCNC(=O)OC(C)(C)C)C(=O)N[C@H](C(=O)N2C[C@H](O)C[C@H]2C(=O)N[C@@H](CCc2ccc(O)cc2)C(=O)O)[C@@H](C)O)cc1. The number of rotatable bonds is 29. The molecule has 2 aromatic rings. The van der Waals surface area contributed by atoms with E-state index in [4.69, 9.17) is 9.47 Å². The maximum Gasteiger partial charge on any atom is 0.407 e. The summed E-state index contributed by atoms with van der Waals surface area (Å²) in [7, 11) is 0. The summed E-state index contributed by atoms with van der Waals surface area (Å²) in [4.78, 5) is 92.9. The zero-order valence-corrected chi connectivity index (χ0v) is 40.2. The molecule has 0 radical (unpaired) electrons. The number of aliphatic carboxylic acids is 1. The van der Waals surface area contributed by atoms with E-state index in [9.17, 15) is 54.0 Å². The number of phenolic OH excluding ortho intramolecular Hbond substituents is 1. The topological polar surface area (TPSA) is 282 Å². The summed E-state index contributed by atoms with van der Waals surface area (Å²) in [6.45, 7) is 9.32. The normalized spacial score (nSPS) is 16.4. The molecule has 0 aliphatic carbocycles. The van der Waals surface area contributed by atoms with E-state index in [0.717, 1.165) is 24.2 Å². The predicted molar refractivity (Wildman–Crippen MR) is 253 cm³/mol. The van der Waals surface area contributed by atoms with Crippen LogP contribution >= 0.6 is 0 Å². The van der Waals surface area contributed by atoms with Crippen molar-refractivity contribution >= 4 is 41.6 Å². The van der Waals surface area contributed by atoms with Gasteiger partial charge in [-0.2, -0.15) is 0 Å². The number of amides is 6. The van der Waals surface area contributed by atoms with Gasteiger partial charge in [0.2, 0.25) is 23.6 Å². The van der Waals surface area contributed by atoms with Crippen molar-refractivity contribution in [3.05, 3.63) is 59.7 Å². The molecule has 19 heteroatoms. The monoisotopic (exact) mass is 955 g/mol. The molecule has 378 valence electrons. The number of benzene rings is 2. The molecule has 1 heterocycles. The molecule has 68 heavy (non-hydrogen) atoms. The van der Waals surface area contributed by atoms with Gasteiger partial charge in [-0.25, -0.2) is 9.59 Å². The van der Waals surface area contributed by atoms with Gasteiger partial charge in [-0.05, 0) is 115 Å². The number of ether oxygens (including phenoxy) is 2. The number of aliphatic hydroxyl groups is 2. The Balaban J connectivity index is 1.68. The van der Waals surface area contributed by atoms with E-state index in [1.807, 2.05) is 0 Å². The largest absolute Gasteiger partial charge is 0.508 e. The van der Waals surface area contributed by atoms with E-state index in [2.05, 4.69) is 33.5 Å². The third-order valence-electron chi connectivity index (χ3n) is 11.2. The molecular formula is C49H74N6O13. The number of aromatic hydroxyl groups is 1. The number of phenols is 1. The Labute approximate surface area is 399 Å². The van der Waals surface area contributed by atoms with Gasteiger partial charge in [-0.3, -0.25) is 24.0 Å². The van der Waals surface area contributed by atoms with Crippen molar-refractivity contribution in [2.45, 2.75) is 166 Å². The third-order valence-corrected chi connectivity index (χ3v) is 11.2. The molecule has 0 bridgehead atoms. The first-order chi connectivity index (χ1) is 32.3. The highest BCUT2D eigenvalue weighted by Crippen LogP contribution is 2.22. The predicted octanol–water partition coefficient (Wildman–Crippen LogP) is 3.85. The molecule has 1 fully saturated rings. The Hall–Kier alpha value is -5.95. The van der Waals surface area contributed by atoms with Crippen LogP contribution in [0.5, 0.6) is 11.5 Å². The maximum absolute atomic E-state index is 14.1. The maximum atomic E-state index is 14.1. The lowest BCUT2D eigenvalue weighted by atomic mass is 10.0. The van der Waals surface area contributed by atoms with Crippen molar-refractivity contribution in [3.63, 3.8) is 0 Å². The van der Waals surface area contributed by atoms with Crippen LogP contribution < -0.4 is 31.3 Å². The number of hydrogen-bond acceptors (Lipinski definition) is 12. The number of nitrogens with one attached hydrogen (secondary N) is 5. The van der Waals surface area contributed by atoms with Gasteiger partial charge in [0.25, 0.3) is 5.91 Å². The van der Waals surface area contributed by atoms with Crippen LogP contribution in [-0.4, -0.2) is 135 Å². The van der Waals surface area contributed by atoms with Crippen molar-refractivity contribution in [2.75, 3.05) is 26.2 Å². The average molecular weight is 955 g/mol. The highest BCUT2D eigenvalue weighted by atomic mass is 16.6. The molecule has 3 rings (SSSR count). The van der Waals surface area contributed by atoms with Gasteiger partial charge in [-0.15, -0.1) is 0 Å². The summed E-state index contributed by atoms with van der Waals surface area (Å²) < 4.78 is 11.1. The summed E-state index contributed by atoms with van der Waals surface area (Å²) in [5, 5.41) is 54.0. The van der Waals surface area contributed by atoms with Crippen molar-refractivity contribution < 1.29 is 63.5 Å². The number of likely N-dealkylation sites (tertiary alicyclic amines) is 1. The number of carboxylic acids is 1. The third kappa shape index (κ3) is 20.9. The minimum atomic E-state index is -1.65. The van der Waals surface area contributed by atoms with Gasteiger partial charge in [0.1, 0.15) is 41.3 Å². The number of carbonyl (C=O) groups excluding carboxylic acids is 6. The number of carbonyl (C=O) groups is 7. The molecule has 1 aliphatic rings. The van der Waals surface area contributed by atoms with Crippen LogP contribution in [0.1, 0.15) is 134 Å². The second kappa shape index (κ2) is 29.1. The average Bonchev–Trinajstić information content (AvgIpc) is 3.68. The lowest BCUT2D eigenvalue weighted by Crippen LogP contribution is -2.60. The summed E-state index contributed by atoms with van der Waals surface area (Å²) >= 11 is 0. The number of aryl methyl sites for hydroxylation is 1. The first-order valence-corrected chi connectivity index (χ1v) is 23.8. The summed E-state index contributed by atoms with van der Waals surface area (Å²) in [5.74, 6) is -4.21. The van der Waals surface area contributed by atoms with Crippen LogP contribution in [0.15, 0.2) is 48.5 Å². The van der Waals surface area contributed by atoms with Crippen LogP contribution in [0.4, 0.5) is 4.79 Å². The van der Waals surface area contributed by atoms with Crippen molar-refractivity contribution in [2.24, 2.45) is 0 Å². The molecule has 9 N–H and O–H groups in total. The molecule has 19 nitrogen and oxygen atoms in total. The first kappa shape index (κ1) is 56.4. The van der Waals surface area contributed by atoms with E-state index >= 15 is 0 Å². The minimum Gasteiger partial charge on any atom is -0.508 e. The molecule has 0 aromatic heterocycles. The van der Waals surface area contributed by atoms with Crippen molar-refractivity contribution in [1.82, 2.24) is 31.5 Å². The smallest absolute Gasteiger partial charge is 0.407 e. The fraction of sp³-hybridized carbons (Fsp3) is 0.612. The lowest BCUT2D eigenvalue weighted by Gasteiger charge is -2.31. The highest BCUT2D eigenvalue weighted by molar-refractivity contribution is 5.99. The number of β-amino-alcohol motifs (C(OH)–C–C–N with tert-alkyl or cyclic N) is 1.